The molecule has 1 atom stereocenters. The Morgan fingerprint density at radius 2 is 1.59 bits per heavy atom. The molecule has 37 heavy (non-hydrogen) atoms. The molecule has 1 aliphatic heterocycles. The minimum Gasteiger partial charge on any atom is -0.507 e. The minimum absolute atomic E-state index is 0.0189. The molecule has 0 bridgehead atoms. The fourth-order valence-electron chi connectivity index (χ4n) is 4.55. The van der Waals surface area contributed by atoms with Gasteiger partial charge in [0.25, 0.3) is 11.7 Å². The Morgan fingerprint density at radius 1 is 0.973 bits per heavy atom. The molecule has 0 saturated carbocycles. The Balaban J connectivity index is 1.98. The first-order valence-corrected chi connectivity index (χ1v) is 13.3. The molecule has 7 heteroatoms. The lowest BCUT2D eigenvalue weighted by atomic mass is 9.95. The number of carbonyl (C=O) groups is 2. The van der Waals surface area contributed by atoms with Gasteiger partial charge in [-0.1, -0.05) is 32.9 Å². The molecule has 0 radical (unpaired) electrons. The van der Waals surface area contributed by atoms with Crippen molar-refractivity contribution in [2.24, 2.45) is 0 Å². The molecule has 3 rings (SSSR count). The molecule has 0 aromatic heterocycles. The first-order chi connectivity index (χ1) is 17.8. The third-order valence-electron chi connectivity index (χ3n) is 6.48. The van der Waals surface area contributed by atoms with Gasteiger partial charge in [-0.15, -0.1) is 0 Å². The van der Waals surface area contributed by atoms with Gasteiger partial charge in [0.05, 0.1) is 24.3 Å². The molecule has 0 aliphatic carbocycles. The monoisotopic (exact) mass is 508 g/mol. The third kappa shape index (κ3) is 6.92. The van der Waals surface area contributed by atoms with Crippen molar-refractivity contribution in [3.8, 4) is 11.5 Å². The number of aliphatic hydroxyl groups excluding tert-OH is 1. The molecule has 0 spiro atoms. The molecule has 1 amide bonds. The molecule has 1 unspecified atom stereocenters. The molecule has 2 aromatic carbocycles. The molecule has 2 aromatic rings. The Hall–Kier alpha value is -3.32. The van der Waals surface area contributed by atoms with E-state index in [2.05, 4.69) is 18.7 Å². The number of nitrogens with zero attached hydrogens (tertiary/aromatic N) is 2. The molecule has 1 saturated heterocycles. The number of ketones is 1. The first-order valence-electron chi connectivity index (χ1n) is 13.3. The van der Waals surface area contributed by atoms with Crippen molar-refractivity contribution < 1.29 is 24.2 Å². The van der Waals surface area contributed by atoms with E-state index in [1.165, 1.54) is 0 Å². The van der Waals surface area contributed by atoms with Crippen LogP contribution < -0.4 is 9.47 Å². The van der Waals surface area contributed by atoms with E-state index in [9.17, 15) is 14.7 Å². The zero-order valence-electron chi connectivity index (χ0n) is 22.7. The summed E-state index contributed by atoms with van der Waals surface area (Å²) in [5, 5.41) is 11.3. The van der Waals surface area contributed by atoms with Crippen LogP contribution in [0.15, 0.2) is 54.1 Å². The van der Waals surface area contributed by atoms with Crippen molar-refractivity contribution in [3.05, 3.63) is 65.2 Å². The van der Waals surface area contributed by atoms with E-state index in [-0.39, 0.29) is 17.4 Å². The second kappa shape index (κ2) is 13.3. The smallest absolute Gasteiger partial charge is 0.295 e. The predicted molar refractivity (Wildman–Crippen MR) is 146 cm³/mol. The van der Waals surface area contributed by atoms with Crippen LogP contribution in [0.2, 0.25) is 0 Å². The maximum absolute atomic E-state index is 13.3. The van der Waals surface area contributed by atoms with Gasteiger partial charge in [0, 0.05) is 12.1 Å². The van der Waals surface area contributed by atoms with E-state index in [4.69, 9.17) is 9.47 Å². The lowest BCUT2D eigenvalue weighted by molar-refractivity contribution is -0.140. The molecule has 1 heterocycles. The van der Waals surface area contributed by atoms with Crippen molar-refractivity contribution in [1.29, 1.82) is 0 Å². The van der Waals surface area contributed by atoms with E-state index in [0.29, 0.717) is 24.5 Å². The maximum Gasteiger partial charge on any atom is 0.295 e. The van der Waals surface area contributed by atoms with Crippen LogP contribution >= 0.6 is 0 Å². The summed E-state index contributed by atoms with van der Waals surface area (Å²) >= 11 is 0. The van der Waals surface area contributed by atoms with Gasteiger partial charge in [0.2, 0.25) is 0 Å². The minimum atomic E-state index is -0.677. The molecular weight excluding hydrogens is 468 g/mol. The molecule has 1 fully saturated rings. The number of likely N-dealkylation sites (tertiary alicyclic amines) is 1. The Morgan fingerprint density at radius 3 is 2.16 bits per heavy atom. The first kappa shape index (κ1) is 28.3. The van der Waals surface area contributed by atoms with E-state index in [0.717, 1.165) is 43.8 Å². The van der Waals surface area contributed by atoms with Crippen LogP contribution in [0.4, 0.5) is 0 Å². The van der Waals surface area contributed by atoms with Gasteiger partial charge < -0.3 is 24.4 Å². The van der Waals surface area contributed by atoms with Gasteiger partial charge in [-0.2, -0.15) is 0 Å². The summed E-state index contributed by atoms with van der Waals surface area (Å²) in [5.41, 5.74) is 1.32. The highest BCUT2D eigenvalue weighted by Gasteiger charge is 2.45. The van der Waals surface area contributed by atoms with Crippen molar-refractivity contribution in [2.75, 3.05) is 32.8 Å². The van der Waals surface area contributed by atoms with Crippen LogP contribution in [0.5, 0.6) is 11.5 Å². The third-order valence-corrected chi connectivity index (χ3v) is 6.48. The van der Waals surface area contributed by atoms with Crippen LogP contribution in [0.3, 0.4) is 0 Å². The largest absolute Gasteiger partial charge is 0.507 e. The van der Waals surface area contributed by atoms with E-state index in [1.54, 1.807) is 29.2 Å². The Kier molecular flexibility index (Phi) is 10.1. The number of aliphatic hydroxyl groups is 1. The normalized spacial score (nSPS) is 17.2. The summed E-state index contributed by atoms with van der Waals surface area (Å²) < 4.78 is 11.4. The van der Waals surface area contributed by atoms with Crippen molar-refractivity contribution in [2.45, 2.75) is 59.6 Å². The van der Waals surface area contributed by atoms with E-state index >= 15 is 0 Å². The zero-order valence-corrected chi connectivity index (χ0v) is 22.7. The summed E-state index contributed by atoms with van der Waals surface area (Å²) in [6.45, 7) is 13.8. The predicted octanol–water partition coefficient (Wildman–Crippen LogP) is 5.42. The fraction of sp³-hybridized carbons (Fsp3) is 0.467. The van der Waals surface area contributed by atoms with Gasteiger partial charge in [0.15, 0.2) is 0 Å². The quantitative estimate of drug-likeness (QED) is 0.221. The topological polar surface area (TPSA) is 79.3 Å². The number of hydrogen-bond acceptors (Lipinski definition) is 6. The van der Waals surface area contributed by atoms with Crippen LogP contribution in [0, 0.1) is 0 Å². The lowest BCUT2D eigenvalue weighted by Gasteiger charge is -2.27. The second-order valence-electron chi connectivity index (χ2n) is 9.48. The molecule has 7 nitrogen and oxygen atoms in total. The average Bonchev–Trinajstić information content (AvgIpc) is 3.15. The Bertz CT molecular complexity index is 1070. The molecule has 1 aliphatic rings. The number of Topliss-reactive ketones (excluding diaryl/α,β-unsaturated/α-hetero) is 1. The highest BCUT2D eigenvalue weighted by atomic mass is 16.5. The Labute approximate surface area is 220 Å². The lowest BCUT2D eigenvalue weighted by Crippen LogP contribution is -2.33. The summed E-state index contributed by atoms with van der Waals surface area (Å²) in [6.07, 6.45) is 1.64. The number of carbonyl (C=O) groups excluding carboxylic acids is 2. The average molecular weight is 509 g/mol. The van der Waals surface area contributed by atoms with Gasteiger partial charge in [-0.3, -0.25) is 9.59 Å². The van der Waals surface area contributed by atoms with Crippen LogP contribution in [-0.4, -0.2) is 65.5 Å². The number of hydrogen-bond donors (Lipinski definition) is 1. The zero-order chi connectivity index (χ0) is 26.9. The highest BCUT2D eigenvalue weighted by Crippen LogP contribution is 2.40. The van der Waals surface area contributed by atoms with Crippen molar-refractivity contribution in [3.63, 3.8) is 0 Å². The van der Waals surface area contributed by atoms with Gasteiger partial charge in [-0.05, 0) is 88.3 Å². The number of ether oxygens (including phenoxy) is 2. The summed E-state index contributed by atoms with van der Waals surface area (Å²) in [5.74, 6) is -0.0410. The van der Waals surface area contributed by atoms with E-state index in [1.807, 2.05) is 45.0 Å². The molecule has 1 N–H and O–H groups in total. The maximum atomic E-state index is 13.3. The van der Waals surface area contributed by atoms with Crippen LogP contribution in [-0.2, 0) is 9.59 Å². The fourth-order valence-corrected chi connectivity index (χ4v) is 4.55. The number of benzene rings is 2. The van der Waals surface area contributed by atoms with Gasteiger partial charge in [0.1, 0.15) is 17.3 Å². The number of amides is 1. The summed E-state index contributed by atoms with van der Waals surface area (Å²) in [7, 11) is 0. The standard InChI is InChI=1S/C30H40N2O5/c1-6-20-36-24-14-10-22(11-15-24)27-26(28(33)23-12-16-25(17-13-23)37-21(4)5)29(34)30(35)32(27)19-9-18-31(7-2)8-3/h10-17,21,27,33H,6-9,18-20H2,1-5H3/b28-26-. The highest BCUT2D eigenvalue weighted by molar-refractivity contribution is 6.46. The SMILES string of the molecule is CCCOc1ccc(C2/C(=C(/O)c3ccc(OC(C)C)cc3)C(=O)C(=O)N2CCCN(CC)CC)cc1. The van der Waals surface area contributed by atoms with Crippen LogP contribution in [0.1, 0.15) is 64.6 Å². The van der Waals surface area contributed by atoms with Crippen molar-refractivity contribution >= 4 is 17.4 Å². The number of rotatable bonds is 13. The van der Waals surface area contributed by atoms with Gasteiger partial charge in [-0.25, -0.2) is 0 Å². The molecule has 200 valence electrons. The second-order valence-corrected chi connectivity index (χ2v) is 9.48. The summed E-state index contributed by atoms with van der Waals surface area (Å²) in [4.78, 5) is 30.4. The van der Waals surface area contributed by atoms with Gasteiger partial charge >= 0.3 is 0 Å². The van der Waals surface area contributed by atoms with E-state index < -0.39 is 17.7 Å². The van der Waals surface area contributed by atoms with Crippen molar-refractivity contribution in [1.82, 2.24) is 9.80 Å². The summed E-state index contributed by atoms with van der Waals surface area (Å²) in [6, 6.07) is 13.7. The van der Waals surface area contributed by atoms with Crippen LogP contribution in [0.25, 0.3) is 5.76 Å². The molecular formula is C30H40N2O5.